The van der Waals surface area contributed by atoms with Gasteiger partial charge in [0.15, 0.2) is 5.84 Å². The van der Waals surface area contributed by atoms with Gasteiger partial charge in [0.05, 0.1) is 5.02 Å². The van der Waals surface area contributed by atoms with Crippen molar-refractivity contribution in [2.45, 2.75) is 6.61 Å². The number of nitrogens with two attached hydrogens (primary N) is 1. The van der Waals surface area contributed by atoms with Crippen molar-refractivity contribution in [3.8, 4) is 5.75 Å². The van der Waals surface area contributed by atoms with Crippen molar-refractivity contribution in [2.24, 2.45) is 10.9 Å². The standard InChI is InChI=1S/C13H11ClFN3O2/c14-10-6-9(1-2-11(10)15)20-7-8-3-4-17-12(5-8)13(16)18-19/h1-6,19H,7H2,(H2,16,18). The molecule has 5 nitrogen and oxygen atoms in total. The van der Waals surface area contributed by atoms with Gasteiger partial charge in [-0.2, -0.15) is 0 Å². The van der Waals surface area contributed by atoms with Crippen LogP contribution < -0.4 is 10.5 Å². The molecule has 104 valence electrons. The first-order valence-electron chi connectivity index (χ1n) is 5.61. The van der Waals surface area contributed by atoms with Gasteiger partial charge >= 0.3 is 0 Å². The Kier molecular flexibility index (Phi) is 4.37. The fourth-order valence-corrected chi connectivity index (χ4v) is 1.66. The first-order chi connectivity index (χ1) is 9.60. The molecule has 20 heavy (non-hydrogen) atoms. The summed E-state index contributed by atoms with van der Waals surface area (Å²) in [6.07, 6.45) is 1.52. The van der Waals surface area contributed by atoms with E-state index in [9.17, 15) is 4.39 Å². The second-order valence-electron chi connectivity index (χ2n) is 3.90. The van der Waals surface area contributed by atoms with E-state index < -0.39 is 5.82 Å². The molecule has 0 aliphatic carbocycles. The van der Waals surface area contributed by atoms with Crippen LogP contribution in [0.5, 0.6) is 5.75 Å². The number of hydrogen-bond acceptors (Lipinski definition) is 4. The second kappa shape index (κ2) is 6.21. The van der Waals surface area contributed by atoms with Crippen LogP contribution in [0.3, 0.4) is 0 Å². The van der Waals surface area contributed by atoms with Crippen molar-refractivity contribution in [3.63, 3.8) is 0 Å². The summed E-state index contributed by atoms with van der Waals surface area (Å²) < 4.78 is 18.5. The van der Waals surface area contributed by atoms with Gasteiger partial charge in [0.1, 0.15) is 23.9 Å². The largest absolute Gasteiger partial charge is 0.489 e. The van der Waals surface area contributed by atoms with Crippen LogP contribution in [0, 0.1) is 5.82 Å². The predicted molar refractivity (Wildman–Crippen MR) is 72.5 cm³/mol. The number of halogens is 2. The minimum atomic E-state index is -0.503. The van der Waals surface area contributed by atoms with Crippen LogP contribution in [0.1, 0.15) is 11.3 Å². The fraction of sp³-hybridized carbons (Fsp3) is 0.0769. The molecule has 0 fully saturated rings. The van der Waals surface area contributed by atoms with Gasteiger partial charge in [0.25, 0.3) is 0 Å². The lowest BCUT2D eigenvalue weighted by molar-refractivity contribution is 0.305. The maximum atomic E-state index is 13.0. The summed E-state index contributed by atoms with van der Waals surface area (Å²) in [5.74, 6) is -0.146. The lowest BCUT2D eigenvalue weighted by Gasteiger charge is -2.07. The van der Waals surface area contributed by atoms with Crippen LogP contribution in [0.25, 0.3) is 0 Å². The third-order valence-electron chi connectivity index (χ3n) is 2.49. The highest BCUT2D eigenvalue weighted by Crippen LogP contribution is 2.21. The third kappa shape index (κ3) is 3.36. The van der Waals surface area contributed by atoms with Crippen LogP contribution in [-0.2, 0) is 6.61 Å². The molecule has 0 bridgehead atoms. The molecule has 1 heterocycles. The summed E-state index contributed by atoms with van der Waals surface area (Å²) in [5.41, 5.74) is 6.55. The highest BCUT2D eigenvalue weighted by Gasteiger charge is 2.05. The summed E-state index contributed by atoms with van der Waals surface area (Å²) in [6, 6.07) is 7.45. The number of rotatable bonds is 4. The third-order valence-corrected chi connectivity index (χ3v) is 2.78. The van der Waals surface area contributed by atoms with Gasteiger partial charge < -0.3 is 15.7 Å². The van der Waals surface area contributed by atoms with E-state index in [1.807, 2.05) is 0 Å². The van der Waals surface area contributed by atoms with Gasteiger partial charge in [0, 0.05) is 12.3 Å². The lowest BCUT2D eigenvalue weighted by Crippen LogP contribution is -2.15. The molecule has 2 rings (SSSR count). The Morgan fingerprint density at radius 2 is 2.20 bits per heavy atom. The molecule has 2 aromatic rings. The molecule has 1 aromatic carbocycles. The Morgan fingerprint density at radius 1 is 1.40 bits per heavy atom. The molecule has 7 heteroatoms. The lowest BCUT2D eigenvalue weighted by atomic mass is 10.2. The molecule has 0 radical (unpaired) electrons. The minimum Gasteiger partial charge on any atom is -0.489 e. The molecule has 0 aliphatic rings. The molecular weight excluding hydrogens is 285 g/mol. The molecule has 0 aliphatic heterocycles. The van der Waals surface area contributed by atoms with E-state index in [4.69, 9.17) is 27.3 Å². The van der Waals surface area contributed by atoms with Crippen molar-refractivity contribution >= 4 is 17.4 Å². The van der Waals surface area contributed by atoms with Crippen LogP contribution in [0.15, 0.2) is 41.7 Å². The van der Waals surface area contributed by atoms with Crippen molar-refractivity contribution in [1.82, 2.24) is 4.98 Å². The summed E-state index contributed by atoms with van der Waals surface area (Å²) in [4.78, 5) is 3.95. The molecule has 0 saturated heterocycles. The zero-order chi connectivity index (χ0) is 14.5. The summed E-state index contributed by atoms with van der Waals surface area (Å²) >= 11 is 5.66. The summed E-state index contributed by atoms with van der Waals surface area (Å²) in [6.45, 7) is 0.218. The van der Waals surface area contributed by atoms with E-state index in [1.165, 1.54) is 24.4 Å². The quantitative estimate of drug-likeness (QED) is 0.393. The maximum absolute atomic E-state index is 13.0. The molecule has 0 amide bonds. The highest BCUT2D eigenvalue weighted by molar-refractivity contribution is 6.30. The van der Waals surface area contributed by atoms with Gasteiger partial charge in [-0.1, -0.05) is 16.8 Å². The number of benzene rings is 1. The summed E-state index contributed by atoms with van der Waals surface area (Å²) in [7, 11) is 0. The number of amidine groups is 1. The van der Waals surface area contributed by atoms with Crippen LogP contribution in [0.4, 0.5) is 4.39 Å². The van der Waals surface area contributed by atoms with E-state index >= 15 is 0 Å². The summed E-state index contributed by atoms with van der Waals surface area (Å²) in [5, 5.41) is 11.5. The van der Waals surface area contributed by atoms with E-state index in [2.05, 4.69) is 10.1 Å². The van der Waals surface area contributed by atoms with E-state index in [0.29, 0.717) is 11.4 Å². The van der Waals surface area contributed by atoms with E-state index in [-0.39, 0.29) is 17.5 Å². The van der Waals surface area contributed by atoms with Crippen LogP contribution in [0.2, 0.25) is 5.02 Å². The molecular formula is C13H11ClFN3O2. The maximum Gasteiger partial charge on any atom is 0.188 e. The van der Waals surface area contributed by atoms with Gasteiger partial charge in [-0.15, -0.1) is 0 Å². The Bertz CT molecular complexity index is 649. The smallest absolute Gasteiger partial charge is 0.188 e. The molecule has 0 atom stereocenters. The van der Waals surface area contributed by atoms with E-state index in [0.717, 1.165) is 5.56 Å². The number of oxime groups is 1. The van der Waals surface area contributed by atoms with Crippen molar-refractivity contribution in [3.05, 3.63) is 58.6 Å². The molecule has 3 N–H and O–H groups in total. The Morgan fingerprint density at radius 3 is 2.90 bits per heavy atom. The Labute approximate surface area is 119 Å². The number of ether oxygens (including phenoxy) is 1. The molecule has 0 saturated carbocycles. The molecule has 0 spiro atoms. The Balaban J connectivity index is 2.09. The van der Waals surface area contributed by atoms with Gasteiger partial charge in [0.2, 0.25) is 0 Å². The van der Waals surface area contributed by atoms with Crippen LogP contribution in [-0.4, -0.2) is 16.0 Å². The van der Waals surface area contributed by atoms with Gasteiger partial charge in [-0.3, -0.25) is 4.98 Å². The number of hydrogen-bond donors (Lipinski definition) is 2. The first-order valence-corrected chi connectivity index (χ1v) is 5.98. The normalized spacial score (nSPS) is 11.4. The second-order valence-corrected chi connectivity index (χ2v) is 4.31. The predicted octanol–water partition coefficient (Wildman–Crippen LogP) is 2.55. The Hall–Kier alpha value is -2.34. The topological polar surface area (TPSA) is 80.7 Å². The fourth-order valence-electron chi connectivity index (χ4n) is 1.49. The molecule has 1 aromatic heterocycles. The number of nitrogens with zero attached hydrogens (tertiary/aromatic N) is 2. The zero-order valence-electron chi connectivity index (χ0n) is 10.3. The number of pyridine rings is 1. The highest BCUT2D eigenvalue weighted by atomic mass is 35.5. The average Bonchev–Trinajstić information content (AvgIpc) is 2.48. The minimum absolute atomic E-state index is 0.00502. The monoisotopic (exact) mass is 295 g/mol. The van der Waals surface area contributed by atoms with Gasteiger partial charge in [-0.05, 0) is 29.8 Å². The molecule has 0 unspecified atom stereocenters. The van der Waals surface area contributed by atoms with Crippen molar-refractivity contribution in [2.75, 3.05) is 0 Å². The SMILES string of the molecule is NC(=NO)c1cc(COc2ccc(F)c(Cl)c2)ccn1. The van der Waals surface area contributed by atoms with Crippen LogP contribution >= 0.6 is 11.6 Å². The van der Waals surface area contributed by atoms with Gasteiger partial charge in [-0.25, -0.2) is 4.39 Å². The number of aromatic nitrogens is 1. The average molecular weight is 296 g/mol. The zero-order valence-corrected chi connectivity index (χ0v) is 11.0. The van der Waals surface area contributed by atoms with Crippen molar-refractivity contribution < 1.29 is 14.3 Å². The van der Waals surface area contributed by atoms with Crippen molar-refractivity contribution in [1.29, 1.82) is 0 Å². The first kappa shape index (κ1) is 14.1. The van der Waals surface area contributed by atoms with E-state index in [1.54, 1.807) is 12.1 Å².